The summed E-state index contributed by atoms with van der Waals surface area (Å²) in [5.41, 5.74) is 0. The van der Waals surface area contributed by atoms with Gasteiger partial charge in [0.2, 0.25) is 0 Å². The Morgan fingerprint density at radius 3 is 2.46 bits per heavy atom. The van der Waals surface area contributed by atoms with Gasteiger partial charge in [-0.1, -0.05) is 17.9 Å². The van der Waals surface area contributed by atoms with Gasteiger partial charge in [0.15, 0.2) is 0 Å². The smallest absolute Gasteiger partial charge is 0.0984 e. The Bertz CT molecular complexity index is 141. The van der Waals surface area contributed by atoms with E-state index in [1.54, 1.807) is 0 Å². The molecule has 0 saturated carbocycles. The summed E-state index contributed by atoms with van der Waals surface area (Å²) in [5, 5.41) is 4.45. The van der Waals surface area contributed by atoms with Crippen LogP contribution in [0.1, 0.15) is 32.1 Å². The molecular weight excluding hydrogens is 172 g/mol. The molecule has 0 aromatic carbocycles. The third kappa shape index (κ3) is 3.60. The lowest BCUT2D eigenvalue weighted by Crippen LogP contribution is -2.21. The maximum absolute atomic E-state index is 5.12. The largest absolute Gasteiger partial charge is 0.373 e. The van der Waals surface area contributed by atoms with Crippen LogP contribution in [0.3, 0.4) is 0 Å². The minimum atomic E-state index is 0.230. The Labute approximate surface area is 78.0 Å². The SMILES string of the molecule is C(CCC1CCOOO1)CC1CO1. The molecule has 4 heteroatoms. The first-order valence-corrected chi connectivity index (χ1v) is 5.02. The zero-order valence-electron chi connectivity index (χ0n) is 7.74. The second-order valence-corrected chi connectivity index (χ2v) is 3.64. The lowest BCUT2D eigenvalue weighted by Gasteiger charge is -2.19. The van der Waals surface area contributed by atoms with Crippen molar-refractivity contribution in [1.82, 2.24) is 0 Å². The summed E-state index contributed by atoms with van der Waals surface area (Å²) in [6.45, 7) is 1.62. The van der Waals surface area contributed by atoms with E-state index in [-0.39, 0.29) is 6.10 Å². The zero-order chi connectivity index (χ0) is 8.93. The van der Waals surface area contributed by atoms with Crippen LogP contribution in [0.25, 0.3) is 0 Å². The highest BCUT2D eigenvalue weighted by molar-refractivity contribution is 4.69. The highest BCUT2D eigenvalue weighted by Crippen LogP contribution is 2.19. The topological polar surface area (TPSA) is 40.2 Å². The van der Waals surface area contributed by atoms with Crippen LogP contribution in [0.15, 0.2) is 0 Å². The first kappa shape index (κ1) is 9.40. The summed E-state index contributed by atoms with van der Waals surface area (Å²) in [4.78, 5) is 9.56. The molecule has 2 heterocycles. The molecule has 2 aliphatic rings. The monoisotopic (exact) mass is 188 g/mol. The number of ether oxygens (including phenoxy) is 1. The Morgan fingerprint density at radius 1 is 1.08 bits per heavy atom. The normalized spacial score (nSPS) is 33.2. The molecule has 0 bridgehead atoms. The molecule has 2 aliphatic heterocycles. The van der Waals surface area contributed by atoms with Crippen molar-refractivity contribution < 1.29 is 19.6 Å². The van der Waals surface area contributed by atoms with Crippen molar-refractivity contribution in [3.63, 3.8) is 0 Å². The number of hydrogen-bond donors (Lipinski definition) is 0. The molecule has 2 fully saturated rings. The van der Waals surface area contributed by atoms with Crippen molar-refractivity contribution in [2.45, 2.75) is 44.3 Å². The summed E-state index contributed by atoms with van der Waals surface area (Å²) in [7, 11) is 0. The van der Waals surface area contributed by atoms with E-state index < -0.39 is 0 Å². The molecule has 2 atom stereocenters. The van der Waals surface area contributed by atoms with E-state index in [4.69, 9.17) is 9.62 Å². The van der Waals surface area contributed by atoms with E-state index in [2.05, 4.69) is 9.93 Å². The van der Waals surface area contributed by atoms with Gasteiger partial charge in [0.25, 0.3) is 0 Å². The number of rotatable bonds is 5. The lowest BCUT2D eigenvalue weighted by atomic mass is 10.1. The number of epoxide rings is 1. The van der Waals surface area contributed by atoms with Gasteiger partial charge in [-0.3, -0.25) is 0 Å². The molecule has 0 aromatic rings. The minimum absolute atomic E-state index is 0.230. The fraction of sp³-hybridized carbons (Fsp3) is 1.00. The summed E-state index contributed by atoms with van der Waals surface area (Å²) in [5.74, 6) is 0. The number of unbranched alkanes of at least 4 members (excludes halogenated alkanes) is 1. The number of hydrogen-bond acceptors (Lipinski definition) is 4. The van der Waals surface area contributed by atoms with Gasteiger partial charge in [0.1, 0.15) is 0 Å². The first-order chi connectivity index (χ1) is 6.45. The van der Waals surface area contributed by atoms with Crippen molar-refractivity contribution in [3.05, 3.63) is 0 Å². The average Bonchev–Trinajstić information content (AvgIpc) is 2.98. The molecule has 0 spiro atoms. The third-order valence-electron chi connectivity index (χ3n) is 2.45. The molecule has 0 aromatic heterocycles. The van der Waals surface area contributed by atoms with Crippen LogP contribution < -0.4 is 0 Å². The second-order valence-electron chi connectivity index (χ2n) is 3.64. The van der Waals surface area contributed by atoms with Crippen LogP contribution in [-0.4, -0.2) is 25.4 Å². The maximum atomic E-state index is 5.12. The van der Waals surface area contributed by atoms with Gasteiger partial charge in [-0.25, -0.2) is 9.78 Å². The molecule has 2 unspecified atom stereocenters. The molecule has 0 amide bonds. The van der Waals surface area contributed by atoms with E-state index in [1.165, 1.54) is 19.3 Å². The Hall–Kier alpha value is -0.160. The van der Waals surface area contributed by atoms with E-state index in [9.17, 15) is 0 Å². The summed E-state index contributed by atoms with van der Waals surface area (Å²) < 4.78 is 5.12. The van der Waals surface area contributed by atoms with E-state index in [0.717, 1.165) is 19.4 Å². The summed E-state index contributed by atoms with van der Waals surface area (Å²) >= 11 is 0. The highest BCUT2D eigenvalue weighted by atomic mass is 17.5. The van der Waals surface area contributed by atoms with Gasteiger partial charge in [0, 0.05) is 6.42 Å². The Balaban J connectivity index is 1.46. The minimum Gasteiger partial charge on any atom is -0.373 e. The molecular formula is C9H16O4. The molecule has 2 saturated heterocycles. The molecule has 4 nitrogen and oxygen atoms in total. The molecule has 0 radical (unpaired) electrons. The van der Waals surface area contributed by atoms with Crippen molar-refractivity contribution in [3.8, 4) is 0 Å². The van der Waals surface area contributed by atoms with E-state index in [0.29, 0.717) is 12.7 Å². The summed E-state index contributed by atoms with van der Waals surface area (Å²) in [6, 6.07) is 0. The fourth-order valence-corrected chi connectivity index (χ4v) is 1.52. The Kier molecular flexibility index (Phi) is 3.55. The molecule has 0 aliphatic carbocycles. The van der Waals surface area contributed by atoms with Gasteiger partial charge < -0.3 is 4.74 Å². The van der Waals surface area contributed by atoms with E-state index in [1.807, 2.05) is 0 Å². The Morgan fingerprint density at radius 2 is 1.85 bits per heavy atom. The van der Waals surface area contributed by atoms with Gasteiger partial charge in [-0.2, -0.15) is 0 Å². The molecule has 0 N–H and O–H groups in total. The van der Waals surface area contributed by atoms with Crippen molar-refractivity contribution in [2.24, 2.45) is 0 Å². The van der Waals surface area contributed by atoms with Crippen LogP contribution in [0.2, 0.25) is 0 Å². The summed E-state index contributed by atoms with van der Waals surface area (Å²) in [6.07, 6.45) is 6.42. The predicted molar refractivity (Wildman–Crippen MR) is 44.7 cm³/mol. The van der Waals surface area contributed by atoms with Crippen molar-refractivity contribution in [1.29, 1.82) is 0 Å². The van der Waals surface area contributed by atoms with Crippen molar-refractivity contribution >= 4 is 0 Å². The second kappa shape index (κ2) is 4.91. The predicted octanol–water partition coefficient (Wildman–Crippen LogP) is 1.60. The van der Waals surface area contributed by atoms with Gasteiger partial charge in [0.05, 0.1) is 25.4 Å². The quantitative estimate of drug-likeness (QED) is 0.373. The standard InChI is InChI=1S/C9H16O4/c1(2-4-9-7-10-9)3-8-5-6-11-13-12-8/h8-9H,1-7H2. The van der Waals surface area contributed by atoms with Gasteiger partial charge in [-0.05, 0) is 12.8 Å². The van der Waals surface area contributed by atoms with Crippen LogP contribution in [0.5, 0.6) is 0 Å². The lowest BCUT2D eigenvalue weighted by molar-refractivity contribution is -0.549. The maximum Gasteiger partial charge on any atom is 0.0984 e. The van der Waals surface area contributed by atoms with E-state index >= 15 is 0 Å². The highest BCUT2D eigenvalue weighted by Gasteiger charge is 2.22. The van der Waals surface area contributed by atoms with Crippen molar-refractivity contribution in [2.75, 3.05) is 13.2 Å². The first-order valence-electron chi connectivity index (χ1n) is 5.02. The van der Waals surface area contributed by atoms with Crippen LogP contribution >= 0.6 is 0 Å². The molecule has 76 valence electrons. The van der Waals surface area contributed by atoms with Gasteiger partial charge >= 0.3 is 0 Å². The third-order valence-corrected chi connectivity index (χ3v) is 2.45. The van der Waals surface area contributed by atoms with Crippen LogP contribution in [0.4, 0.5) is 0 Å². The molecule has 2 rings (SSSR count). The van der Waals surface area contributed by atoms with Gasteiger partial charge in [-0.15, -0.1) is 0 Å². The molecule has 13 heavy (non-hydrogen) atoms. The average molecular weight is 188 g/mol. The fourth-order valence-electron chi connectivity index (χ4n) is 1.52. The van der Waals surface area contributed by atoms with Crippen LogP contribution in [0, 0.1) is 0 Å². The van der Waals surface area contributed by atoms with Crippen LogP contribution in [-0.2, 0) is 19.6 Å². The zero-order valence-corrected chi connectivity index (χ0v) is 7.74.